The van der Waals surface area contributed by atoms with Crippen LogP contribution in [0.3, 0.4) is 0 Å². The number of hydrogen-bond acceptors (Lipinski definition) is 5. The number of nitrogens with zero attached hydrogens (tertiary/aromatic N) is 2. The first kappa shape index (κ1) is 31.9. The van der Waals surface area contributed by atoms with E-state index < -0.39 is 17.3 Å². The molecule has 2 heterocycles. The summed E-state index contributed by atoms with van der Waals surface area (Å²) in [6.45, 7) is 12.8. The summed E-state index contributed by atoms with van der Waals surface area (Å²) in [5.74, 6) is -0.678. The van der Waals surface area contributed by atoms with Crippen LogP contribution in [0.1, 0.15) is 118 Å². The first-order valence-corrected chi connectivity index (χ1v) is 15.7. The van der Waals surface area contributed by atoms with Crippen LogP contribution in [0.25, 0.3) is 0 Å². The molecule has 224 valence electrons. The second kappa shape index (κ2) is 14.3. The molecule has 0 aromatic rings. The fourth-order valence-corrected chi connectivity index (χ4v) is 6.13. The number of carbonyl (C=O) groups is 3. The molecule has 1 atom stereocenters. The van der Waals surface area contributed by atoms with Gasteiger partial charge in [0.25, 0.3) is 0 Å². The van der Waals surface area contributed by atoms with Gasteiger partial charge in [-0.05, 0) is 33.1 Å². The summed E-state index contributed by atoms with van der Waals surface area (Å²) in [6, 6.07) is 0. The number of ether oxygens (including phenoxy) is 2. The Morgan fingerprint density at radius 1 is 0.846 bits per heavy atom. The summed E-state index contributed by atoms with van der Waals surface area (Å²) in [7, 11) is 0. The number of carbonyl (C=O) groups excluding carboxylic acids is 3. The molecule has 1 saturated carbocycles. The van der Waals surface area contributed by atoms with Crippen molar-refractivity contribution in [2.75, 3.05) is 39.3 Å². The number of rotatable bonds is 14. The Bertz CT molecular complexity index is 815. The van der Waals surface area contributed by atoms with Gasteiger partial charge in [0, 0.05) is 50.0 Å². The van der Waals surface area contributed by atoms with Gasteiger partial charge in [0.2, 0.25) is 17.7 Å². The van der Waals surface area contributed by atoms with E-state index in [1.54, 1.807) is 13.8 Å². The summed E-state index contributed by atoms with van der Waals surface area (Å²) in [5, 5.41) is 2.89. The van der Waals surface area contributed by atoms with Crippen LogP contribution in [-0.4, -0.2) is 78.7 Å². The monoisotopic (exact) mass is 549 g/mol. The van der Waals surface area contributed by atoms with Gasteiger partial charge >= 0.3 is 0 Å². The third-order valence-electron chi connectivity index (χ3n) is 8.97. The van der Waals surface area contributed by atoms with Crippen molar-refractivity contribution in [3.8, 4) is 0 Å². The minimum absolute atomic E-state index is 0.0205. The van der Waals surface area contributed by atoms with Crippen molar-refractivity contribution in [1.82, 2.24) is 15.1 Å². The minimum Gasteiger partial charge on any atom is -0.353 e. The lowest BCUT2D eigenvalue weighted by Gasteiger charge is -2.46. The molecule has 8 heteroatoms. The molecule has 3 fully saturated rings. The van der Waals surface area contributed by atoms with Crippen molar-refractivity contribution in [2.24, 2.45) is 10.8 Å². The summed E-state index contributed by atoms with van der Waals surface area (Å²) < 4.78 is 11.6. The average molecular weight is 550 g/mol. The molecule has 1 aliphatic carbocycles. The predicted molar refractivity (Wildman–Crippen MR) is 153 cm³/mol. The van der Waals surface area contributed by atoms with E-state index in [1.807, 2.05) is 23.6 Å². The van der Waals surface area contributed by atoms with E-state index in [4.69, 9.17) is 9.47 Å². The largest absolute Gasteiger partial charge is 0.353 e. The van der Waals surface area contributed by atoms with E-state index in [-0.39, 0.29) is 30.2 Å². The highest BCUT2D eigenvalue weighted by Crippen LogP contribution is 2.47. The average Bonchev–Trinajstić information content (AvgIpc) is 2.88. The predicted octanol–water partition coefficient (Wildman–Crippen LogP) is 5.04. The van der Waals surface area contributed by atoms with Crippen molar-refractivity contribution in [3.63, 3.8) is 0 Å². The van der Waals surface area contributed by atoms with Gasteiger partial charge in [-0.2, -0.15) is 0 Å². The van der Waals surface area contributed by atoms with Gasteiger partial charge in [0.05, 0.1) is 6.61 Å². The van der Waals surface area contributed by atoms with Crippen LogP contribution in [-0.2, 0) is 23.9 Å². The first-order valence-electron chi connectivity index (χ1n) is 15.7. The minimum atomic E-state index is -0.809. The normalized spacial score (nSPS) is 23.7. The zero-order chi connectivity index (χ0) is 28.5. The summed E-state index contributed by atoms with van der Waals surface area (Å²) in [4.78, 5) is 42.9. The van der Waals surface area contributed by atoms with Gasteiger partial charge in [0.15, 0.2) is 5.79 Å². The van der Waals surface area contributed by atoms with Crippen LogP contribution in [0.15, 0.2) is 0 Å². The van der Waals surface area contributed by atoms with Crippen molar-refractivity contribution in [2.45, 2.75) is 130 Å². The topological polar surface area (TPSA) is 88.2 Å². The molecular weight excluding hydrogens is 494 g/mol. The van der Waals surface area contributed by atoms with Crippen LogP contribution in [0.2, 0.25) is 0 Å². The van der Waals surface area contributed by atoms with Crippen molar-refractivity contribution in [1.29, 1.82) is 0 Å². The van der Waals surface area contributed by atoms with Crippen molar-refractivity contribution < 1.29 is 23.9 Å². The lowest BCUT2D eigenvalue weighted by atomic mass is 9.64. The first-order chi connectivity index (χ1) is 18.5. The second-order valence-corrected chi connectivity index (χ2v) is 13.2. The third-order valence-corrected chi connectivity index (χ3v) is 8.97. The molecule has 3 aliphatic rings. The van der Waals surface area contributed by atoms with E-state index in [2.05, 4.69) is 12.2 Å². The number of amides is 3. The Hall–Kier alpha value is -1.67. The van der Waals surface area contributed by atoms with E-state index in [1.165, 1.54) is 44.9 Å². The summed E-state index contributed by atoms with van der Waals surface area (Å²) in [5.41, 5.74) is -0.592. The highest BCUT2D eigenvalue weighted by Gasteiger charge is 2.47. The highest BCUT2D eigenvalue weighted by molar-refractivity contribution is 5.84. The van der Waals surface area contributed by atoms with E-state index in [0.29, 0.717) is 38.7 Å². The van der Waals surface area contributed by atoms with Gasteiger partial charge < -0.3 is 24.6 Å². The Labute approximate surface area is 236 Å². The van der Waals surface area contributed by atoms with Gasteiger partial charge in [-0.25, -0.2) is 0 Å². The maximum atomic E-state index is 13.5. The molecule has 0 radical (unpaired) electrons. The van der Waals surface area contributed by atoms with Crippen molar-refractivity contribution >= 4 is 17.7 Å². The molecule has 0 aromatic carbocycles. The molecule has 0 aromatic heterocycles. The SMILES string of the molecule is CCCCCCCCCCC1(C(=O)N2CCN(C(=O)CCNC(=O)C3OC(C)(C)OCC3(C)C)CC2)CCC1. The van der Waals surface area contributed by atoms with Crippen LogP contribution in [0.4, 0.5) is 0 Å². The zero-order valence-corrected chi connectivity index (χ0v) is 25.4. The molecule has 39 heavy (non-hydrogen) atoms. The second-order valence-electron chi connectivity index (χ2n) is 13.2. The molecule has 2 saturated heterocycles. The molecule has 3 amide bonds. The number of piperazine rings is 1. The summed E-state index contributed by atoms with van der Waals surface area (Å²) >= 11 is 0. The Morgan fingerprint density at radius 3 is 2.03 bits per heavy atom. The lowest BCUT2D eigenvalue weighted by molar-refractivity contribution is -0.304. The zero-order valence-electron chi connectivity index (χ0n) is 25.4. The molecule has 8 nitrogen and oxygen atoms in total. The van der Waals surface area contributed by atoms with Crippen LogP contribution in [0, 0.1) is 10.8 Å². The molecule has 1 unspecified atom stereocenters. The molecular formula is C31H55N3O5. The number of hydrogen-bond donors (Lipinski definition) is 1. The number of nitrogens with one attached hydrogen (secondary N) is 1. The fourth-order valence-electron chi connectivity index (χ4n) is 6.13. The molecule has 0 spiro atoms. The fraction of sp³-hybridized carbons (Fsp3) is 0.903. The molecule has 2 aliphatic heterocycles. The van der Waals surface area contributed by atoms with E-state index >= 15 is 0 Å². The Morgan fingerprint density at radius 2 is 1.44 bits per heavy atom. The maximum Gasteiger partial charge on any atom is 0.249 e. The Kier molecular flexibility index (Phi) is 11.7. The molecule has 0 bridgehead atoms. The van der Waals surface area contributed by atoms with Crippen LogP contribution >= 0.6 is 0 Å². The van der Waals surface area contributed by atoms with Gasteiger partial charge in [-0.3, -0.25) is 14.4 Å². The lowest BCUT2D eigenvalue weighted by Crippen LogP contribution is -2.57. The molecule has 1 N–H and O–H groups in total. The summed E-state index contributed by atoms with van der Waals surface area (Å²) in [6.07, 6.45) is 14.1. The van der Waals surface area contributed by atoms with Gasteiger partial charge in [0.1, 0.15) is 6.10 Å². The quantitative estimate of drug-likeness (QED) is 0.307. The van der Waals surface area contributed by atoms with Crippen LogP contribution in [0.5, 0.6) is 0 Å². The highest BCUT2D eigenvalue weighted by atomic mass is 16.7. The molecule has 3 rings (SSSR count). The van der Waals surface area contributed by atoms with Gasteiger partial charge in [-0.1, -0.05) is 78.6 Å². The van der Waals surface area contributed by atoms with Crippen molar-refractivity contribution in [3.05, 3.63) is 0 Å². The smallest absolute Gasteiger partial charge is 0.249 e. The third kappa shape index (κ3) is 8.91. The van der Waals surface area contributed by atoms with E-state index in [0.717, 1.165) is 32.1 Å². The van der Waals surface area contributed by atoms with Crippen LogP contribution < -0.4 is 5.32 Å². The standard InChI is InChI=1S/C31H55N3O5/c1-6-7-8-9-10-11-12-13-16-31(17-14-18-31)28(37)34-22-20-33(21-23-34)25(35)15-19-32-27(36)26-29(2,3)24-38-30(4,5)39-26/h26H,6-24H2,1-5H3,(H,32,36). The van der Waals surface area contributed by atoms with Gasteiger partial charge in [-0.15, -0.1) is 0 Å². The Balaban J connectivity index is 1.35. The number of unbranched alkanes of at least 4 members (excludes halogenated alkanes) is 7. The van der Waals surface area contributed by atoms with E-state index in [9.17, 15) is 14.4 Å². The maximum absolute atomic E-state index is 13.5.